The Balaban J connectivity index is 2.10. The molecule has 0 atom stereocenters. The zero-order valence-electron chi connectivity index (χ0n) is 12.4. The molecule has 1 saturated carbocycles. The van der Waals surface area contributed by atoms with Crippen LogP contribution >= 0.6 is 0 Å². The number of aromatic nitrogens is 2. The third-order valence-corrected chi connectivity index (χ3v) is 4.75. The molecule has 5 heteroatoms. The lowest BCUT2D eigenvalue weighted by molar-refractivity contribution is -0.149. The Morgan fingerprint density at radius 1 is 1.30 bits per heavy atom. The Kier molecular flexibility index (Phi) is 4.78. The number of hydrogen-bond donors (Lipinski definition) is 1. The van der Waals surface area contributed by atoms with Gasteiger partial charge in [-0.2, -0.15) is 4.98 Å². The third-order valence-electron chi connectivity index (χ3n) is 4.75. The first-order valence-corrected chi connectivity index (χ1v) is 7.67. The van der Waals surface area contributed by atoms with Gasteiger partial charge >= 0.3 is 5.97 Å². The van der Waals surface area contributed by atoms with Crippen molar-refractivity contribution in [1.29, 1.82) is 0 Å². The van der Waals surface area contributed by atoms with Crippen LogP contribution in [0.3, 0.4) is 0 Å². The quantitative estimate of drug-likeness (QED) is 0.862. The van der Waals surface area contributed by atoms with Crippen molar-refractivity contribution in [2.45, 2.75) is 71.1 Å². The number of aliphatic carboxylic acids is 1. The number of rotatable bonds is 6. The van der Waals surface area contributed by atoms with E-state index in [0.29, 0.717) is 31.1 Å². The molecule has 1 fully saturated rings. The van der Waals surface area contributed by atoms with E-state index in [2.05, 4.69) is 10.1 Å². The molecule has 1 aliphatic carbocycles. The van der Waals surface area contributed by atoms with Crippen LogP contribution in [-0.2, 0) is 11.2 Å². The van der Waals surface area contributed by atoms with Gasteiger partial charge < -0.3 is 9.63 Å². The van der Waals surface area contributed by atoms with E-state index in [-0.39, 0.29) is 0 Å². The molecule has 1 aromatic heterocycles. The lowest BCUT2D eigenvalue weighted by Crippen LogP contribution is -2.32. The van der Waals surface area contributed by atoms with Gasteiger partial charge in [0.2, 0.25) is 5.89 Å². The molecule has 0 aromatic carbocycles. The highest BCUT2D eigenvalue weighted by Gasteiger charge is 2.37. The Morgan fingerprint density at radius 2 is 1.95 bits per heavy atom. The molecular weight excluding hydrogens is 256 g/mol. The monoisotopic (exact) mass is 280 g/mol. The van der Waals surface area contributed by atoms with Gasteiger partial charge in [0.25, 0.3) is 0 Å². The van der Waals surface area contributed by atoms with Crippen LogP contribution in [0.25, 0.3) is 0 Å². The first-order chi connectivity index (χ1) is 9.61. The summed E-state index contributed by atoms with van der Waals surface area (Å²) in [6.45, 7) is 3.80. The maximum atomic E-state index is 11.5. The fourth-order valence-electron chi connectivity index (χ4n) is 3.03. The Bertz CT molecular complexity index is 446. The lowest BCUT2D eigenvalue weighted by Gasteiger charge is -2.24. The molecule has 5 nitrogen and oxygen atoms in total. The summed E-state index contributed by atoms with van der Waals surface area (Å²) in [7, 11) is 0. The first kappa shape index (κ1) is 15.0. The van der Waals surface area contributed by atoms with E-state index in [0.717, 1.165) is 18.7 Å². The zero-order chi connectivity index (χ0) is 14.6. The summed E-state index contributed by atoms with van der Waals surface area (Å²) in [5.74, 6) is 0.853. The fourth-order valence-corrected chi connectivity index (χ4v) is 3.03. The van der Waals surface area contributed by atoms with E-state index in [4.69, 9.17) is 4.52 Å². The smallest absolute Gasteiger partial charge is 0.310 e. The maximum absolute atomic E-state index is 11.5. The minimum absolute atomic E-state index is 0.328. The summed E-state index contributed by atoms with van der Waals surface area (Å²) >= 11 is 0. The van der Waals surface area contributed by atoms with Crippen molar-refractivity contribution in [2.24, 2.45) is 5.41 Å². The largest absolute Gasteiger partial charge is 0.481 e. The van der Waals surface area contributed by atoms with E-state index in [9.17, 15) is 9.90 Å². The number of carboxylic acid groups (broad SMARTS) is 1. The van der Waals surface area contributed by atoms with Crippen molar-refractivity contribution in [2.75, 3.05) is 0 Å². The predicted octanol–water partition coefficient (Wildman–Crippen LogP) is 3.55. The summed E-state index contributed by atoms with van der Waals surface area (Å²) in [5, 5.41) is 13.5. The van der Waals surface area contributed by atoms with E-state index in [1.165, 1.54) is 19.3 Å². The van der Waals surface area contributed by atoms with Crippen molar-refractivity contribution in [3.05, 3.63) is 11.7 Å². The van der Waals surface area contributed by atoms with Crippen LogP contribution in [-0.4, -0.2) is 21.2 Å². The molecule has 1 N–H and O–H groups in total. The van der Waals surface area contributed by atoms with Crippen molar-refractivity contribution < 1.29 is 14.4 Å². The topological polar surface area (TPSA) is 76.2 Å². The van der Waals surface area contributed by atoms with Gasteiger partial charge in [-0.25, -0.2) is 0 Å². The van der Waals surface area contributed by atoms with Crippen LogP contribution < -0.4 is 0 Å². The Hall–Kier alpha value is -1.39. The van der Waals surface area contributed by atoms with Crippen LogP contribution in [0.15, 0.2) is 4.52 Å². The normalized spacial score (nSPS) is 17.3. The zero-order valence-corrected chi connectivity index (χ0v) is 12.4. The Morgan fingerprint density at radius 3 is 2.50 bits per heavy atom. The van der Waals surface area contributed by atoms with Gasteiger partial charge in [0.15, 0.2) is 5.82 Å². The van der Waals surface area contributed by atoms with Gasteiger partial charge in [-0.1, -0.05) is 38.3 Å². The summed E-state index contributed by atoms with van der Waals surface area (Å²) < 4.78 is 5.30. The summed E-state index contributed by atoms with van der Waals surface area (Å²) in [5.41, 5.74) is -0.781. The molecule has 0 unspecified atom stereocenters. The standard InChI is InChI=1S/C15H24N2O3/c1-3-15(4-2,14(18)19)10-12-16-13(17-20-12)11-8-6-5-7-9-11/h11H,3-10H2,1-2H3,(H,18,19). The highest BCUT2D eigenvalue weighted by molar-refractivity contribution is 5.74. The van der Waals surface area contributed by atoms with Crippen molar-refractivity contribution >= 4 is 5.97 Å². The molecule has 1 aromatic rings. The molecule has 0 amide bonds. The summed E-state index contributed by atoms with van der Waals surface area (Å²) in [4.78, 5) is 16.0. The van der Waals surface area contributed by atoms with Gasteiger partial charge in [-0.05, 0) is 25.7 Å². The molecule has 0 saturated heterocycles. The average Bonchev–Trinajstić information content (AvgIpc) is 2.94. The second kappa shape index (κ2) is 6.37. The maximum Gasteiger partial charge on any atom is 0.310 e. The SMILES string of the molecule is CCC(CC)(Cc1nc(C2CCCCC2)no1)C(=O)O. The molecule has 0 aliphatic heterocycles. The second-order valence-electron chi connectivity index (χ2n) is 5.85. The van der Waals surface area contributed by atoms with Crippen LogP contribution in [0.2, 0.25) is 0 Å². The van der Waals surface area contributed by atoms with Gasteiger partial charge in [0.05, 0.1) is 5.41 Å². The predicted molar refractivity (Wildman–Crippen MR) is 74.5 cm³/mol. The van der Waals surface area contributed by atoms with Gasteiger partial charge in [0, 0.05) is 12.3 Å². The molecule has 0 bridgehead atoms. The second-order valence-corrected chi connectivity index (χ2v) is 5.85. The van der Waals surface area contributed by atoms with E-state index in [1.54, 1.807) is 0 Å². The van der Waals surface area contributed by atoms with E-state index >= 15 is 0 Å². The summed E-state index contributed by atoms with van der Waals surface area (Å²) in [6, 6.07) is 0. The average molecular weight is 280 g/mol. The molecule has 0 radical (unpaired) electrons. The van der Waals surface area contributed by atoms with Crippen molar-refractivity contribution in [3.63, 3.8) is 0 Å². The molecular formula is C15H24N2O3. The molecule has 1 aliphatic rings. The van der Waals surface area contributed by atoms with E-state index in [1.807, 2.05) is 13.8 Å². The fraction of sp³-hybridized carbons (Fsp3) is 0.800. The van der Waals surface area contributed by atoms with E-state index < -0.39 is 11.4 Å². The molecule has 20 heavy (non-hydrogen) atoms. The minimum Gasteiger partial charge on any atom is -0.481 e. The van der Waals surface area contributed by atoms with Crippen molar-refractivity contribution in [1.82, 2.24) is 10.1 Å². The van der Waals surface area contributed by atoms with Crippen LogP contribution in [0.1, 0.15) is 76.4 Å². The number of carbonyl (C=O) groups is 1. The number of hydrogen-bond acceptors (Lipinski definition) is 4. The molecule has 112 valence electrons. The Labute approximate surface area is 119 Å². The number of carboxylic acids is 1. The summed E-state index contributed by atoms with van der Waals surface area (Å²) in [6.07, 6.45) is 7.42. The molecule has 0 spiro atoms. The molecule has 2 rings (SSSR count). The highest BCUT2D eigenvalue weighted by atomic mass is 16.5. The van der Waals surface area contributed by atoms with Gasteiger partial charge in [-0.15, -0.1) is 0 Å². The lowest BCUT2D eigenvalue weighted by atomic mass is 9.79. The van der Waals surface area contributed by atoms with Gasteiger partial charge in [-0.3, -0.25) is 4.79 Å². The van der Waals surface area contributed by atoms with Crippen LogP contribution in [0.5, 0.6) is 0 Å². The highest BCUT2D eigenvalue weighted by Crippen LogP contribution is 2.33. The van der Waals surface area contributed by atoms with Crippen molar-refractivity contribution in [3.8, 4) is 0 Å². The molecule has 1 heterocycles. The van der Waals surface area contributed by atoms with Crippen LogP contribution in [0, 0.1) is 5.41 Å². The third kappa shape index (κ3) is 3.02. The number of nitrogens with zero attached hydrogens (tertiary/aromatic N) is 2. The van der Waals surface area contributed by atoms with Gasteiger partial charge in [0.1, 0.15) is 0 Å². The minimum atomic E-state index is -0.781. The first-order valence-electron chi connectivity index (χ1n) is 7.67. The van der Waals surface area contributed by atoms with Crippen LogP contribution in [0.4, 0.5) is 0 Å².